The van der Waals surface area contributed by atoms with Gasteiger partial charge in [0, 0.05) is 11.6 Å². The van der Waals surface area contributed by atoms with Gasteiger partial charge in [-0.1, -0.05) is 95.2 Å². The maximum absolute atomic E-state index is 4.58. The summed E-state index contributed by atoms with van der Waals surface area (Å²) < 4.78 is 9.06. The molecule has 0 saturated carbocycles. The van der Waals surface area contributed by atoms with Crippen LogP contribution in [0.2, 0.25) is 0 Å². The van der Waals surface area contributed by atoms with Crippen LogP contribution in [0.1, 0.15) is 83.1 Å². The molecular weight excluding hydrogens is 484 g/mol. The van der Waals surface area contributed by atoms with Gasteiger partial charge in [-0.3, -0.25) is 4.98 Å². The predicted molar refractivity (Wildman–Crippen MR) is 164 cm³/mol. The second-order valence-corrected chi connectivity index (χ2v) is 11.4. The number of nitrogens with zero attached hydrogens (tertiary/aromatic N) is 2. The molecule has 36 heavy (non-hydrogen) atoms. The number of hydrogen-bond donors (Lipinski definition) is 0. The lowest BCUT2D eigenvalue weighted by molar-refractivity contribution is 0.558. The first-order valence-corrected chi connectivity index (χ1v) is 14.4. The Labute approximate surface area is 231 Å². The van der Waals surface area contributed by atoms with Crippen molar-refractivity contribution in [1.82, 2.24) is 9.97 Å². The van der Waals surface area contributed by atoms with E-state index in [1.165, 1.54) is 12.7 Å². The first-order valence-electron chi connectivity index (χ1n) is 12.5. The molecule has 0 N–H and O–H groups in total. The van der Waals surface area contributed by atoms with Gasteiger partial charge in [0.25, 0.3) is 0 Å². The molecular formula is C30H54N2O2S2. The van der Waals surface area contributed by atoms with Crippen LogP contribution in [0.5, 0.6) is 0 Å². The fourth-order valence-electron chi connectivity index (χ4n) is 0.805. The van der Waals surface area contributed by atoms with Crippen LogP contribution in [0, 0.1) is 23.7 Å². The lowest BCUT2D eigenvalue weighted by atomic mass is 10.3. The van der Waals surface area contributed by atoms with E-state index in [4.69, 9.17) is 0 Å². The van der Waals surface area contributed by atoms with Gasteiger partial charge in [0.15, 0.2) is 6.39 Å². The van der Waals surface area contributed by atoms with Crippen LogP contribution in [-0.2, 0) is 0 Å². The molecule has 0 radical (unpaired) electrons. The fraction of sp³-hybridized carbons (Fsp3) is 0.533. The monoisotopic (exact) mass is 538 g/mol. The van der Waals surface area contributed by atoms with E-state index in [1.54, 1.807) is 53.1 Å². The molecule has 0 saturated heterocycles. The summed E-state index contributed by atoms with van der Waals surface area (Å²) in [5.74, 6) is 3.33. The van der Waals surface area contributed by atoms with E-state index in [9.17, 15) is 0 Å². The summed E-state index contributed by atoms with van der Waals surface area (Å²) >= 11 is 3.31. The molecule has 0 aliphatic carbocycles. The number of furan rings is 1. The second kappa shape index (κ2) is 37.4. The summed E-state index contributed by atoms with van der Waals surface area (Å²) in [5.41, 5.74) is 1.79. The Bertz CT molecular complexity index is 496. The third-order valence-corrected chi connectivity index (χ3v) is 2.70. The summed E-state index contributed by atoms with van der Waals surface area (Å²) in [7, 11) is 0. The van der Waals surface area contributed by atoms with E-state index in [0.717, 1.165) is 23.7 Å². The quantitative estimate of drug-likeness (QED) is 0.223. The molecule has 208 valence electrons. The number of hydrogen-bond acceptors (Lipinski definition) is 6. The highest BCUT2D eigenvalue weighted by Gasteiger charge is 1.69. The van der Waals surface area contributed by atoms with E-state index in [0.29, 0.717) is 0 Å². The van der Waals surface area contributed by atoms with Crippen LogP contribution >= 0.6 is 22.7 Å². The Balaban J connectivity index is -0.000000163. The maximum atomic E-state index is 4.58. The highest BCUT2D eigenvalue weighted by molar-refractivity contribution is 7.07. The standard InChI is InChI=1S/C4H4O.C4H4S.4C4H10.C3H3NO.C3H3NS/c2*1-2-4-5-3-1;4*1-4(2)3;2*1-2-5-3-4-1/h2*1-4H;4*4H,1-3H3;2*1-3H. The minimum absolute atomic E-state index is 0.833. The molecule has 0 amide bonds. The van der Waals surface area contributed by atoms with Gasteiger partial charge in [0.05, 0.1) is 24.2 Å². The van der Waals surface area contributed by atoms with Crippen molar-refractivity contribution in [3.63, 3.8) is 0 Å². The molecule has 4 rings (SSSR count). The molecule has 0 bridgehead atoms. The van der Waals surface area contributed by atoms with Crippen LogP contribution < -0.4 is 0 Å². The Morgan fingerprint density at radius 1 is 0.472 bits per heavy atom. The largest absolute Gasteiger partial charge is 0.473 e. The first-order chi connectivity index (χ1) is 16.9. The lowest BCUT2D eigenvalue weighted by Gasteiger charge is -1.79. The second-order valence-electron chi connectivity index (χ2n) is 9.87. The maximum Gasteiger partial charge on any atom is 0.180 e. The van der Waals surface area contributed by atoms with Crippen molar-refractivity contribution in [2.45, 2.75) is 83.1 Å². The minimum Gasteiger partial charge on any atom is -0.473 e. The zero-order valence-corrected chi connectivity index (χ0v) is 26.6. The van der Waals surface area contributed by atoms with Crippen molar-refractivity contribution in [2.24, 2.45) is 23.7 Å². The third kappa shape index (κ3) is 95.2. The predicted octanol–water partition coefficient (Wildman–Crippen LogP) is 11.5. The normalized spacial score (nSPS) is 8.44. The van der Waals surface area contributed by atoms with Gasteiger partial charge in [-0.15, -0.1) is 11.3 Å². The molecule has 0 spiro atoms. The molecule has 0 aromatic carbocycles. The number of aromatic nitrogens is 2. The number of thiophene rings is 1. The van der Waals surface area contributed by atoms with Crippen molar-refractivity contribution in [3.8, 4) is 0 Å². The summed E-state index contributed by atoms with van der Waals surface area (Å²) in [4.78, 5) is 7.30. The van der Waals surface area contributed by atoms with E-state index < -0.39 is 0 Å². The number of thiazole rings is 1. The average molecular weight is 539 g/mol. The molecule has 4 aromatic rings. The van der Waals surface area contributed by atoms with Crippen molar-refractivity contribution < 1.29 is 8.83 Å². The average Bonchev–Trinajstić information content (AvgIpc) is 3.60. The molecule has 4 nitrogen and oxygen atoms in total. The molecule has 0 aliphatic heterocycles. The van der Waals surface area contributed by atoms with E-state index >= 15 is 0 Å². The fourth-order valence-corrected chi connectivity index (χ4v) is 1.61. The molecule has 4 heterocycles. The van der Waals surface area contributed by atoms with Crippen molar-refractivity contribution >= 4 is 22.7 Å². The Morgan fingerprint density at radius 3 is 1.03 bits per heavy atom. The van der Waals surface area contributed by atoms with Gasteiger partial charge in [-0.05, 0) is 46.6 Å². The Kier molecular flexibility index (Phi) is 42.5. The number of rotatable bonds is 0. The summed E-state index contributed by atoms with van der Waals surface area (Å²) in [6.45, 7) is 26.0. The van der Waals surface area contributed by atoms with Crippen LogP contribution in [-0.4, -0.2) is 9.97 Å². The lowest BCUT2D eigenvalue weighted by Crippen LogP contribution is -1.66. The van der Waals surface area contributed by atoms with Crippen molar-refractivity contribution in [3.05, 3.63) is 83.5 Å². The Morgan fingerprint density at radius 2 is 0.917 bits per heavy atom. The molecule has 0 fully saturated rings. The summed E-state index contributed by atoms with van der Waals surface area (Å²) in [5, 5.41) is 6.01. The van der Waals surface area contributed by atoms with Gasteiger partial charge in [0.1, 0.15) is 6.26 Å². The van der Waals surface area contributed by atoms with Crippen LogP contribution in [0.25, 0.3) is 0 Å². The minimum atomic E-state index is 0.833. The molecule has 0 aliphatic rings. The zero-order valence-electron chi connectivity index (χ0n) is 24.9. The SMILES string of the molecule is CC(C)C.CC(C)C.CC(C)C.CC(C)C.c1ccoc1.c1ccsc1.c1cocn1.c1cscn1. The van der Waals surface area contributed by atoms with Crippen LogP contribution in [0.4, 0.5) is 0 Å². The molecule has 0 unspecified atom stereocenters. The van der Waals surface area contributed by atoms with Crippen LogP contribution in [0.3, 0.4) is 0 Å². The van der Waals surface area contributed by atoms with E-state index in [2.05, 4.69) is 102 Å². The van der Waals surface area contributed by atoms with Gasteiger partial charge >= 0.3 is 0 Å². The highest BCUT2D eigenvalue weighted by atomic mass is 32.1. The Hall–Kier alpha value is -2.18. The van der Waals surface area contributed by atoms with E-state index in [1.807, 2.05) is 40.4 Å². The highest BCUT2D eigenvalue weighted by Crippen LogP contribution is 1.91. The number of oxazole rings is 1. The smallest absolute Gasteiger partial charge is 0.180 e. The molecule has 6 heteroatoms. The van der Waals surface area contributed by atoms with Crippen molar-refractivity contribution in [1.29, 1.82) is 0 Å². The summed E-state index contributed by atoms with van der Waals surface area (Å²) in [6.07, 6.45) is 9.49. The zero-order chi connectivity index (χ0) is 28.5. The van der Waals surface area contributed by atoms with Crippen LogP contribution in [0.15, 0.2) is 92.3 Å². The van der Waals surface area contributed by atoms with Gasteiger partial charge in [-0.25, -0.2) is 4.98 Å². The van der Waals surface area contributed by atoms with Gasteiger partial charge < -0.3 is 8.83 Å². The van der Waals surface area contributed by atoms with Gasteiger partial charge in [-0.2, -0.15) is 11.3 Å². The first kappa shape index (κ1) is 41.0. The topological polar surface area (TPSA) is 52.1 Å². The third-order valence-electron chi connectivity index (χ3n) is 1.55. The molecule has 0 atom stereocenters. The van der Waals surface area contributed by atoms with Gasteiger partial charge in [0.2, 0.25) is 0 Å². The molecule has 4 aromatic heterocycles. The van der Waals surface area contributed by atoms with E-state index in [-0.39, 0.29) is 0 Å². The van der Waals surface area contributed by atoms with Crippen molar-refractivity contribution in [2.75, 3.05) is 0 Å². The summed E-state index contributed by atoms with van der Waals surface area (Å²) in [6, 6.07) is 7.70.